The molecule has 0 aliphatic carbocycles. The Kier molecular flexibility index (Phi) is 8.74. The zero-order valence-electron chi connectivity index (χ0n) is 22.6. The van der Waals surface area contributed by atoms with Gasteiger partial charge in [-0.15, -0.1) is 0 Å². The van der Waals surface area contributed by atoms with E-state index in [2.05, 4.69) is 32.8 Å². The number of ether oxygens (including phenoxy) is 1. The van der Waals surface area contributed by atoms with Gasteiger partial charge in [-0.3, -0.25) is 4.79 Å². The third kappa shape index (κ3) is 6.61. The lowest BCUT2D eigenvalue weighted by molar-refractivity contribution is 0.0302. The van der Waals surface area contributed by atoms with Gasteiger partial charge in [0.2, 0.25) is 0 Å². The number of rotatable bonds is 6. The van der Waals surface area contributed by atoms with Crippen LogP contribution in [0.4, 0.5) is 9.59 Å². The van der Waals surface area contributed by atoms with Gasteiger partial charge in [0.15, 0.2) is 5.78 Å². The maximum atomic E-state index is 13.1. The number of benzene rings is 1. The van der Waals surface area contributed by atoms with E-state index in [1.807, 2.05) is 18.2 Å². The Hall–Kier alpha value is -2.90. The highest BCUT2D eigenvalue weighted by Gasteiger charge is 2.44. The van der Waals surface area contributed by atoms with Gasteiger partial charge >= 0.3 is 12.2 Å². The Balaban J connectivity index is 2.33. The fourth-order valence-electron chi connectivity index (χ4n) is 4.98. The summed E-state index contributed by atoms with van der Waals surface area (Å²) in [7, 11) is 1.50. The molecule has 1 aromatic carbocycles. The maximum Gasteiger partial charge on any atom is 0.430 e. The Labute approximate surface area is 209 Å². The number of Topliss-reactive ketones (excluding diaryl/α,β-unsaturated/α-hetero) is 1. The standard InChI is InChI=1S/C27H41N3O5/c1-17(2)27(18(3)4)16-30(24(32)33)13-12-20-15-21(10-11-22(20)27)23(31)14-19(5)28-29(9)25(34)35-26(6,7)8/h10-11,15,17-18H,12-14,16H2,1-9H3,(H,32,33)/b28-19-. The molecule has 0 saturated heterocycles. The first kappa shape index (κ1) is 28.3. The van der Waals surface area contributed by atoms with Crippen LogP contribution in [0.2, 0.25) is 0 Å². The Bertz CT molecular complexity index is 983. The van der Waals surface area contributed by atoms with Crippen LogP contribution >= 0.6 is 0 Å². The number of fused-ring (bicyclic) bond motifs is 1. The molecule has 0 saturated carbocycles. The molecule has 0 spiro atoms. The Morgan fingerprint density at radius 2 is 1.77 bits per heavy atom. The molecule has 2 amide bonds. The van der Waals surface area contributed by atoms with Crippen molar-refractivity contribution in [2.24, 2.45) is 16.9 Å². The highest BCUT2D eigenvalue weighted by Crippen LogP contribution is 2.44. The molecule has 0 radical (unpaired) electrons. The SMILES string of the molecule is C/C(CC(=O)c1ccc2c(c1)CCN(C(=O)O)CC2(C(C)C)C(C)C)=N/N(C)C(=O)OC(C)(C)C. The number of hydrogen-bond acceptors (Lipinski definition) is 5. The second-order valence-electron chi connectivity index (χ2n) is 11.1. The molecule has 8 nitrogen and oxygen atoms in total. The molecule has 0 bridgehead atoms. The van der Waals surface area contributed by atoms with E-state index in [9.17, 15) is 19.5 Å². The molecular formula is C27H41N3O5. The first-order valence-electron chi connectivity index (χ1n) is 12.2. The summed E-state index contributed by atoms with van der Waals surface area (Å²) in [6.45, 7) is 16.4. The number of carbonyl (C=O) groups excluding carboxylic acids is 2. The summed E-state index contributed by atoms with van der Waals surface area (Å²) in [6, 6.07) is 5.75. The lowest BCUT2D eigenvalue weighted by Crippen LogP contribution is -2.48. The number of carbonyl (C=O) groups is 3. The van der Waals surface area contributed by atoms with Crippen LogP contribution in [0.5, 0.6) is 0 Å². The number of carboxylic acid groups (broad SMARTS) is 1. The van der Waals surface area contributed by atoms with Crippen molar-refractivity contribution in [3.8, 4) is 0 Å². The summed E-state index contributed by atoms with van der Waals surface area (Å²) in [4.78, 5) is 38.7. The van der Waals surface area contributed by atoms with Crippen molar-refractivity contribution in [1.82, 2.24) is 9.91 Å². The summed E-state index contributed by atoms with van der Waals surface area (Å²) in [5.74, 6) is 0.312. The van der Waals surface area contributed by atoms with E-state index in [4.69, 9.17) is 4.74 Å². The second kappa shape index (κ2) is 10.8. The van der Waals surface area contributed by atoms with Gasteiger partial charge in [0.05, 0.1) is 6.42 Å². The summed E-state index contributed by atoms with van der Waals surface area (Å²) >= 11 is 0. The van der Waals surface area contributed by atoms with Crippen LogP contribution in [0.3, 0.4) is 0 Å². The third-order valence-electron chi connectivity index (χ3n) is 6.76. The fraction of sp³-hybridized carbons (Fsp3) is 0.630. The van der Waals surface area contributed by atoms with Crippen LogP contribution in [0.15, 0.2) is 23.3 Å². The van der Waals surface area contributed by atoms with Crippen molar-refractivity contribution in [3.05, 3.63) is 34.9 Å². The van der Waals surface area contributed by atoms with Gasteiger partial charge in [0, 0.05) is 36.8 Å². The number of ketones is 1. The number of hydrogen-bond donors (Lipinski definition) is 1. The predicted molar refractivity (Wildman–Crippen MR) is 137 cm³/mol. The molecule has 35 heavy (non-hydrogen) atoms. The van der Waals surface area contributed by atoms with E-state index in [1.54, 1.807) is 27.7 Å². The normalized spacial score (nSPS) is 16.1. The Morgan fingerprint density at radius 3 is 2.29 bits per heavy atom. The monoisotopic (exact) mass is 487 g/mol. The molecule has 0 aromatic heterocycles. The smallest absolute Gasteiger partial charge is 0.430 e. The molecule has 0 fully saturated rings. The largest absolute Gasteiger partial charge is 0.465 e. The van der Waals surface area contributed by atoms with Crippen molar-refractivity contribution in [3.63, 3.8) is 0 Å². The van der Waals surface area contributed by atoms with Crippen molar-refractivity contribution >= 4 is 23.7 Å². The molecule has 1 heterocycles. The highest BCUT2D eigenvalue weighted by atomic mass is 16.6. The molecule has 194 valence electrons. The summed E-state index contributed by atoms with van der Waals surface area (Å²) in [5.41, 5.74) is 2.21. The number of hydrazone groups is 1. The topological polar surface area (TPSA) is 99.5 Å². The predicted octanol–water partition coefficient (Wildman–Crippen LogP) is 5.59. The van der Waals surface area contributed by atoms with E-state index in [0.29, 0.717) is 30.8 Å². The number of nitrogens with zero attached hydrogens (tertiary/aromatic N) is 3. The number of amides is 2. The Morgan fingerprint density at radius 1 is 1.17 bits per heavy atom. The molecule has 0 atom stereocenters. The van der Waals surface area contributed by atoms with Crippen molar-refractivity contribution in [2.45, 2.75) is 79.2 Å². The van der Waals surface area contributed by atoms with Crippen molar-refractivity contribution < 1.29 is 24.2 Å². The third-order valence-corrected chi connectivity index (χ3v) is 6.76. The van der Waals surface area contributed by atoms with Gasteiger partial charge in [0.1, 0.15) is 5.60 Å². The zero-order valence-corrected chi connectivity index (χ0v) is 22.6. The molecule has 2 rings (SSSR count). The first-order valence-corrected chi connectivity index (χ1v) is 12.2. The minimum Gasteiger partial charge on any atom is -0.465 e. The van der Waals surface area contributed by atoms with Crippen LogP contribution < -0.4 is 0 Å². The van der Waals surface area contributed by atoms with Gasteiger partial charge in [-0.1, -0.05) is 39.8 Å². The average Bonchev–Trinajstić information content (AvgIpc) is 2.89. The molecule has 1 aliphatic rings. The molecule has 1 aromatic rings. The highest BCUT2D eigenvalue weighted by molar-refractivity contribution is 6.09. The minimum absolute atomic E-state index is 0.0622. The zero-order chi connectivity index (χ0) is 26.7. The van der Waals surface area contributed by atoms with E-state index < -0.39 is 17.8 Å². The van der Waals surface area contributed by atoms with Gasteiger partial charge in [-0.05, 0) is 63.1 Å². The summed E-state index contributed by atoms with van der Waals surface area (Å²) < 4.78 is 5.30. The quantitative estimate of drug-likeness (QED) is 0.320. The summed E-state index contributed by atoms with van der Waals surface area (Å²) in [6.07, 6.45) is -0.887. The lowest BCUT2D eigenvalue weighted by Gasteiger charge is -2.44. The molecular weight excluding hydrogens is 446 g/mol. The molecule has 1 aliphatic heterocycles. The fourth-order valence-corrected chi connectivity index (χ4v) is 4.98. The van der Waals surface area contributed by atoms with Gasteiger partial charge in [-0.25, -0.2) is 14.6 Å². The van der Waals surface area contributed by atoms with E-state index in [1.165, 1.54) is 11.9 Å². The lowest BCUT2D eigenvalue weighted by atomic mass is 9.63. The van der Waals surface area contributed by atoms with E-state index in [-0.39, 0.29) is 29.5 Å². The van der Waals surface area contributed by atoms with Gasteiger partial charge in [-0.2, -0.15) is 5.10 Å². The van der Waals surface area contributed by atoms with Crippen LogP contribution in [0.25, 0.3) is 0 Å². The second-order valence-corrected chi connectivity index (χ2v) is 11.1. The van der Waals surface area contributed by atoms with Crippen LogP contribution in [0.1, 0.15) is 83.3 Å². The van der Waals surface area contributed by atoms with E-state index in [0.717, 1.165) is 16.1 Å². The first-order chi connectivity index (χ1) is 16.1. The van der Waals surface area contributed by atoms with E-state index >= 15 is 0 Å². The van der Waals surface area contributed by atoms with Crippen LogP contribution in [-0.2, 0) is 16.6 Å². The molecule has 1 N–H and O–H groups in total. The summed E-state index contributed by atoms with van der Waals surface area (Å²) in [5, 5.41) is 15.1. The van der Waals surface area contributed by atoms with Gasteiger partial charge in [0.25, 0.3) is 0 Å². The molecule has 0 unspecified atom stereocenters. The van der Waals surface area contributed by atoms with Crippen molar-refractivity contribution in [2.75, 3.05) is 20.1 Å². The van der Waals surface area contributed by atoms with Crippen LogP contribution in [-0.4, -0.2) is 64.4 Å². The van der Waals surface area contributed by atoms with Gasteiger partial charge < -0.3 is 14.7 Å². The van der Waals surface area contributed by atoms with Crippen molar-refractivity contribution in [1.29, 1.82) is 0 Å². The maximum absolute atomic E-state index is 13.1. The molecule has 8 heteroatoms. The minimum atomic E-state index is -0.916. The van der Waals surface area contributed by atoms with Crippen LogP contribution in [0, 0.1) is 11.8 Å². The average molecular weight is 488 g/mol.